The highest BCUT2D eigenvalue weighted by atomic mass is 31.1. The summed E-state index contributed by atoms with van der Waals surface area (Å²) in [6, 6.07) is 7.52. The van der Waals surface area contributed by atoms with E-state index in [1.165, 1.54) is 0 Å². The second-order valence-corrected chi connectivity index (χ2v) is 4.03. The molecule has 0 fully saturated rings. The zero-order valence-electron chi connectivity index (χ0n) is 7.49. The summed E-state index contributed by atoms with van der Waals surface area (Å²) in [7, 11) is -0.716. The van der Waals surface area contributed by atoms with E-state index in [9.17, 15) is 4.57 Å². The summed E-state index contributed by atoms with van der Waals surface area (Å²) in [4.78, 5) is 8.64. The van der Waals surface area contributed by atoms with Crippen LogP contribution in [0.3, 0.4) is 0 Å². The molecule has 72 valence electrons. The Bertz CT molecular complexity index is 281. The Morgan fingerprint density at radius 2 is 2.00 bits per heavy atom. The van der Waals surface area contributed by atoms with E-state index < -0.39 is 8.03 Å². The molecule has 3 nitrogen and oxygen atoms in total. The van der Waals surface area contributed by atoms with E-state index in [1.54, 1.807) is 7.11 Å². The van der Waals surface area contributed by atoms with Gasteiger partial charge in [-0.2, -0.15) is 0 Å². The molecule has 1 aromatic rings. The van der Waals surface area contributed by atoms with Gasteiger partial charge < -0.3 is 9.63 Å². The molecule has 1 N–H and O–H groups in total. The van der Waals surface area contributed by atoms with E-state index in [0.29, 0.717) is 12.6 Å². The minimum absolute atomic E-state index is 0.358. The first-order valence-electron chi connectivity index (χ1n) is 4.07. The van der Waals surface area contributed by atoms with Crippen LogP contribution in [0.5, 0.6) is 5.75 Å². The highest BCUT2D eigenvalue weighted by molar-refractivity contribution is 7.37. The second kappa shape index (κ2) is 5.05. The molecule has 0 amide bonds. The first-order chi connectivity index (χ1) is 6.22. The van der Waals surface area contributed by atoms with Gasteiger partial charge in [0, 0.05) is 6.16 Å². The first kappa shape index (κ1) is 10.3. The van der Waals surface area contributed by atoms with Crippen LogP contribution in [-0.2, 0) is 11.0 Å². The lowest BCUT2D eigenvalue weighted by Gasteiger charge is -2.01. The molecule has 0 spiro atoms. The molecule has 0 aliphatic carbocycles. The average Bonchev–Trinajstić information content (AvgIpc) is 2.15. The molecule has 4 heteroatoms. The lowest BCUT2D eigenvalue weighted by Crippen LogP contribution is -1.88. The molecule has 1 unspecified atom stereocenters. The number of rotatable bonds is 4. The Kier molecular flexibility index (Phi) is 4.00. The van der Waals surface area contributed by atoms with Crippen LogP contribution in [0.4, 0.5) is 0 Å². The molecule has 0 aliphatic rings. The Labute approximate surface area is 78.2 Å². The highest BCUT2D eigenvalue weighted by Gasteiger charge is 1.96. The molecule has 0 aromatic heterocycles. The quantitative estimate of drug-likeness (QED) is 0.752. The van der Waals surface area contributed by atoms with Gasteiger partial charge in [0.2, 0.25) is 0 Å². The van der Waals surface area contributed by atoms with Gasteiger partial charge in [0.15, 0.2) is 8.03 Å². The predicted molar refractivity (Wildman–Crippen MR) is 52.8 cm³/mol. The number of hydrogen-bond donors (Lipinski definition) is 1. The third kappa shape index (κ3) is 3.62. The largest absolute Gasteiger partial charge is 0.497 e. The van der Waals surface area contributed by atoms with Crippen molar-refractivity contribution in [2.45, 2.75) is 6.42 Å². The van der Waals surface area contributed by atoms with Crippen LogP contribution in [0.1, 0.15) is 5.56 Å². The molecular weight excluding hydrogens is 187 g/mol. The molecular formula is C9H13O3P. The summed E-state index contributed by atoms with van der Waals surface area (Å²) in [5, 5.41) is 0. The highest BCUT2D eigenvalue weighted by Crippen LogP contribution is 2.17. The topological polar surface area (TPSA) is 46.5 Å². The van der Waals surface area contributed by atoms with Gasteiger partial charge in [0.1, 0.15) is 5.75 Å². The van der Waals surface area contributed by atoms with Crippen LogP contribution < -0.4 is 4.74 Å². The third-order valence-corrected chi connectivity index (χ3v) is 2.46. The number of methoxy groups -OCH3 is 1. The molecule has 13 heavy (non-hydrogen) atoms. The Morgan fingerprint density at radius 1 is 1.38 bits per heavy atom. The van der Waals surface area contributed by atoms with Crippen LogP contribution in [0, 0.1) is 0 Å². The summed E-state index contributed by atoms with van der Waals surface area (Å²) >= 11 is 0. The lowest BCUT2D eigenvalue weighted by molar-refractivity contribution is 0.414. The summed E-state index contributed by atoms with van der Waals surface area (Å²) in [5.41, 5.74) is 1.06. The van der Waals surface area contributed by atoms with E-state index in [2.05, 4.69) is 0 Å². The Balaban J connectivity index is 2.54. The monoisotopic (exact) mass is 200 g/mol. The van der Waals surface area contributed by atoms with E-state index in [4.69, 9.17) is 9.63 Å². The lowest BCUT2D eigenvalue weighted by atomic mass is 10.2. The zero-order chi connectivity index (χ0) is 9.68. The fourth-order valence-corrected chi connectivity index (χ4v) is 1.55. The van der Waals surface area contributed by atoms with Gasteiger partial charge in [-0.15, -0.1) is 0 Å². The number of benzene rings is 1. The van der Waals surface area contributed by atoms with E-state index in [0.717, 1.165) is 11.3 Å². The van der Waals surface area contributed by atoms with E-state index >= 15 is 0 Å². The predicted octanol–water partition coefficient (Wildman–Crippen LogP) is 1.70. The molecule has 1 aromatic carbocycles. The molecule has 1 rings (SSSR count). The second-order valence-electron chi connectivity index (χ2n) is 2.74. The van der Waals surface area contributed by atoms with Crippen molar-refractivity contribution >= 4 is 8.03 Å². The fraction of sp³-hybridized carbons (Fsp3) is 0.333. The van der Waals surface area contributed by atoms with Crippen molar-refractivity contribution in [2.24, 2.45) is 0 Å². The van der Waals surface area contributed by atoms with Crippen molar-refractivity contribution in [3.8, 4) is 5.75 Å². The summed E-state index contributed by atoms with van der Waals surface area (Å²) in [5.74, 6) is 0.806. The van der Waals surface area contributed by atoms with Crippen molar-refractivity contribution in [3.63, 3.8) is 0 Å². The van der Waals surface area contributed by atoms with Crippen molar-refractivity contribution < 1.29 is 14.2 Å². The van der Waals surface area contributed by atoms with Crippen LogP contribution in [0.25, 0.3) is 0 Å². The molecule has 0 saturated carbocycles. The molecule has 0 radical (unpaired) electrons. The minimum Gasteiger partial charge on any atom is -0.497 e. The van der Waals surface area contributed by atoms with Crippen LogP contribution in [-0.4, -0.2) is 18.2 Å². The maximum Gasteiger partial charge on any atom is 0.189 e. The van der Waals surface area contributed by atoms with Crippen molar-refractivity contribution in [1.82, 2.24) is 0 Å². The fourth-order valence-electron chi connectivity index (χ4n) is 1.04. The third-order valence-electron chi connectivity index (χ3n) is 1.79. The SMILES string of the molecule is COc1ccc(CC[PH](=O)O)cc1. The maximum atomic E-state index is 10.5. The normalized spacial score (nSPS) is 12.5. The number of ether oxygens (including phenoxy) is 1. The molecule has 0 aliphatic heterocycles. The molecule has 0 bridgehead atoms. The zero-order valence-corrected chi connectivity index (χ0v) is 8.49. The first-order valence-corrected chi connectivity index (χ1v) is 5.63. The van der Waals surface area contributed by atoms with E-state index in [1.807, 2.05) is 24.3 Å². The van der Waals surface area contributed by atoms with Gasteiger partial charge >= 0.3 is 0 Å². The summed E-state index contributed by atoms with van der Waals surface area (Å²) in [6.07, 6.45) is 1.01. The van der Waals surface area contributed by atoms with Crippen LogP contribution in [0.2, 0.25) is 0 Å². The van der Waals surface area contributed by atoms with Crippen LogP contribution in [0.15, 0.2) is 24.3 Å². The Morgan fingerprint density at radius 3 is 2.46 bits per heavy atom. The smallest absolute Gasteiger partial charge is 0.189 e. The van der Waals surface area contributed by atoms with Gasteiger partial charge in [-0.05, 0) is 24.1 Å². The van der Waals surface area contributed by atoms with Crippen LogP contribution >= 0.6 is 8.03 Å². The van der Waals surface area contributed by atoms with Gasteiger partial charge in [-0.25, -0.2) is 0 Å². The Hall–Kier alpha value is -0.790. The summed E-state index contributed by atoms with van der Waals surface area (Å²) < 4.78 is 15.4. The average molecular weight is 200 g/mol. The van der Waals surface area contributed by atoms with Crippen molar-refractivity contribution in [2.75, 3.05) is 13.3 Å². The molecule has 0 saturated heterocycles. The number of aryl methyl sites for hydroxylation is 1. The van der Waals surface area contributed by atoms with Gasteiger partial charge in [0.05, 0.1) is 7.11 Å². The van der Waals surface area contributed by atoms with Crippen molar-refractivity contribution in [3.05, 3.63) is 29.8 Å². The molecule has 1 atom stereocenters. The van der Waals surface area contributed by atoms with Gasteiger partial charge in [0.25, 0.3) is 0 Å². The molecule has 0 heterocycles. The minimum atomic E-state index is -2.33. The van der Waals surface area contributed by atoms with Gasteiger partial charge in [-0.1, -0.05) is 12.1 Å². The number of hydrogen-bond acceptors (Lipinski definition) is 2. The summed E-state index contributed by atoms with van der Waals surface area (Å²) in [6.45, 7) is 0. The maximum absolute atomic E-state index is 10.5. The van der Waals surface area contributed by atoms with E-state index in [-0.39, 0.29) is 0 Å². The van der Waals surface area contributed by atoms with Crippen molar-refractivity contribution in [1.29, 1.82) is 0 Å². The standard InChI is InChI=1S/C9H13O3P/c1-12-9-4-2-8(3-5-9)6-7-13(10)11/h2-5,13H,6-7H2,1H3,(H,10,11). The van der Waals surface area contributed by atoms with Gasteiger partial charge in [-0.3, -0.25) is 4.57 Å².